The third-order valence-electron chi connectivity index (χ3n) is 3.52. The van der Waals surface area contributed by atoms with Crippen molar-refractivity contribution in [3.63, 3.8) is 0 Å². The van der Waals surface area contributed by atoms with E-state index in [0.29, 0.717) is 12.5 Å². The summed E-state index contributed by atoms with van der Waals surface area (Å²) in [5.41, 5.74) is 1.13. The van der Waals surface area contributed by atoms with Crippen LogP contribution in [0.4, 0.5) is 0 Å². The molecule has 0 radical (unpaired) electrons. The molecular weight excluding hydrogens is 256 g/mol. The molecule has 1 aromatic heterocycles. The van der Waals surface area contributed by atoms with Crippen LogP contribution in [0.3, 0.4) is 0 Å². The minimum Gasteiger partial charge on any atom is -0.395 e. The molecule has 1 aliphatic rings. The summed E-state index contributed by atoms with van der Waals surface area (Å²) in [4.78, 5) is 6.27. The Labute approximate surface area is 119 Å². The number of nitrogens with zero attached hydrogens (tertiary/aromatic N) is 2. The lowest BCUT2D eigenvalue weighted by Gasteiger charge is -2.38. The molecule has 19 heavy (non-hydrogen) atoms. The zero-order valence-electron chi connectivity index (χ0n) is 11.7. The first-order valence-electron chi connectivity index (χ1n) is 6.79. The van der Waals surface area contributed by atoms with Crippen molar-refractivity contribution >= 4 is 11.3 Å². The summed E-state index contributed by atoms with van der Waals surface area (Å²) >= 11 is 1.78. The van der Waals surface area contributed by atoms with Crippen LogP contribution in [0.2, 0.25) is 0 Å². The SMILES string of the molecule is CC1CN(C)CCN1Cc1sccc1C#CCCO. The number of hydrogen-bond donors (Lipinski definition) is 1. The predicted octanol–water partition coefficient (Wildman–Crippen LogP) is 1.62. The van der Waals surface area contributed by atoms with Crippen LogP contribution in [0.15, 0.2) is 11.4 Å². The van der Waals surface area contributed by atoms with Gasteiger partial charge in [-0.3, -0.25) is 4.90 Å². The average molecular weight is 278 g/mol. The van der Waals surface area contributed by atoms with Crippen LogP contribution in [0.1, 0.15) is 23.8 Å². The van der Waals surface area contributed by atoms with Crippen molar-refractivity contribution in [1.82, 2.24) is 9.80 Å². The van der Waals surface area contributed by atoms with Gasteiger partial charge in [-0.05, 0) is 25.4 Å². The largest absolute Gasteiger partial charge is 0.395 e. The molecule has 0 amide bonds. The molecule has 1 aliphatic heterocycles. The normalized spacial score (nSPS) is 21.1. The van der Waals surface area contributed by atoms with Gasteiger partial charge in [-0.25, -0.2) is 0 Å². The van der Waals surface area contributed by atoms with Crippen LogP contribution in [-0.2, 0) is 6.54 Å². The molecule has 1 N–H and O–H groups in total. The summed E-state index contributed by atoms with van der Waals surface area (Å²) in [6.07, 6.45) is 0.556. The molecule has 2 heterocycles. The molecule has 1 unspecified atom stereocenters. The Morgan fingerprint density at radius 2 is 2.32 bits per heavy atom. The molecule has 1 aromatic rings. The van der Waals surface area contributed by atoms with Gasteiger partial charge in [-0.2, -0.15) is 0 Å². The van der Waals surface area contributed by atoms with Gasteiger partial charge in [-0.1, -0.05) is 11.8 Å². The van der Waals surface area contributed by atoms with E-state index >= 15 is 0 Å². The minimum absolute atomic E-state index is 0.141. The second kappa shape index (κ2) is 7.06. The predicted molar refractivity (Wildman–Crippen MR) is 80.3 cm³/mol. The van der Waals surface area contributed by atoms with E-state index in [0.717, 1.165) is 31.7 Å². The van der Waals surface area contributed by atoms with Gasteiger partial charge >= 0.3 is 0 Å². The highest BCUT2D eigenvalue weighted by Gasteiger charge is 2.22. The summed E-state index contributed by atoms with van der Waals surface area (Å²) in [6, 6.07) is 2.68. The summed E-state index contributed by atoms with van der Waals surface area (Å²) in [5.74, 6) is 6.18. The Kier molecular flexibility index (Phi) is 5.41. The number of aliphatic hydroxyl groups is 1. The van der Waals surface area contributed by atoms with E-state index in [1.54, 1.807) is 11.3 Å². The van der Waals surface area contributed by atoms with Crippen molar-refractivity contribution in [1.29, 1.82) is 0 Å². The summed E-state index contributed by atoms with van der Waals surface area (Å²) in [7, 11) is 2.19. The van der Waals surface area contributed by atoms with E-state index < -0.39 is 0 Å². The molecule has 1 fully saturated rings. The molecule has 0 aromatic carbocycles. The molecule has 0 saturated carbocycles. The quantitative estimate of drug-likeness (QED) is 0.851. The molecule has 1 saturated heterocycles. The Balaban J connectivity index is 2.00. The van der Waals surface area contributed by atoms with Gasteiger partial charge in [0.2, 0.25) is 0 Å². The van der Waals surface area contributed by atoms with Gasteiger partial charge in [0, 0.05) is 49.1 Å². The molecule has 2 rings (SSSR count). The molecule has 0 bridgehead atoms. The number of likely N-dealkylation sites (N-methyl/N-ethyl adjacent to an activating group) is 1. The maximum atomic E-state index is 8.77. The molecule has 0 aliphatic carbocycles. The van der Waals surface area contributed by atoms with Crippen molar-refractivity contribution in [2.24, 2.45) is 0 Å². The van der Waals surface area contributed by atoms with Crippen LogP contribution in [0.5, 0.6) is 0 Å². The lowest BCUT2D eigenvalue weighted by Crippen LogP contribution is -2.49. The molecule has 4 heteroatoms. The fraction of sp³-hybridized carbons (Fsp3) is 0.600. The molecule has 104 valence electrons. The van der Waals surface area contributed by atoms with E-state index in [1.165, 1.54) is 4.88 Å². The second-order valence-corrected chi connectivity index (χ2v) is 6.12. The van der Waals surface area contributed by atoms with Gasteiger partial charge in [0.15, 0.2) is 0 Å². The van der Waals surface area contributed by atoms with Gasteiger partial charge in [0.05, 0.1) is 6.61 Å². The van der Waals surface area contributed by atoms with Crippen LogP contribution in [0.25, 0.3) is 0 Å². The molecular formula is C15H22N2OS. The third-order valence-corrected chi connectivity index (χ3v) is 4.43. The van der Waals surface area contributed by atoms with E-state index in [4.69, 9.17) is 5.11 Å². The Morgan fingerprint density at radius 1 is 1.47 bits per heavy atom. The summed E-state index contributed by atoms with van der Waals surface area (Å²) in [6.45, 7) is 6.83. The highest BCUT2D eigenvalue weighted by molar-refractivity contribution is 7.10. The zero-order valence-corrected chi connectivity index (χ0v) is 12.5. The van der Waals surface area contributed by atoms with Gasteiger partial charge in [0.25, 0.3) is 0 Å². The number of thiophene rings is 1. The van der Waals surface area contributed by atoms with Crippen LogP contribution < -0.4 is 0 Å². The number of rotatable bonds is 3. The average Bonchev–Trinajstić information content (AvgIpc) is 2.81. The molecule has 1 atom stereocenters. The standard InChI is InChI=1S/C15H22N2OS/c1-13-11-16(2)7-8-17(13)12-15-14(6-10-19-15)5-3-4-9-18/h6,10,13,18H,4,7-9,11-12H2,1-2H3. The van der Waals surface area contributed by atoms with Crippen molar-refractivity contribution in [2.45, 2.75) is 25.9 Å². The number of piperazine rings is 1. The Bertz CT molecular complexity index is 460. The Morgan fingerprint density at radius 3 is 3.05 bits per heavy atom. The van der Waals surface area contributed by atoms with Crippen LogP contribution >= 0.6 is 11.3 Å². The minimum atomic E-state index is 0.141. The van der Waals surface area contributed by atoms with E-state index in [1.807, 2.05) is 0 Å². The Hall–Kier alpha value is -0.860. The zero-order chi connectivity index (χ0) is 13.7. The van der Waals surface area contributed by atoms with Crippen molar-refractivity contribution in [3.8, 4) is 11.8 Å². The lowest BCUT2D eigenvalue weighted by molar-refractivity contribution is 0.0947. The summed E-state index contributed by atoms with van der Waals surface area (Å²) < 4.78 is 0. The fourth-order valence-corrected chi connectivity index (χ4v) is 3.24. The van der Waals surface area contributed by atoms with E-state index in [-0.39, 0.29) is 6.61 Å². The monoisotopic (exact) mass is 278 g/mol. The topological polar surface area (TPSA) is 26.7 Å². The van der Waals surface area contributed by atoms with Crippen LogP contribution in [0, 0.1) is 11.8 Å². The highest BCUT2D eigenvalue weighted by Crippen LogP contribution is 2.20. The second-order valence-electron chi connectivity index (χ2n) is 5.11. The molecule has 0 spiro atoms. The lowest BCUT2D eigenvalue weighted by atomic mass is 10.1. The van der Waals surface area contributed by atoms with E-state index in [9.17, 15) is 0 Å². The highest BCUT2D eigenvalue weighted by atomic mass is 32.1. The first kappa shape index (κ1) is 14.5. The van der Waals surface area contributed by atoms with Crippen LogP contribution in [-0.4, -0.2) is 54.2 Å². The first-order valence-corrected chi connectivity index (χ1v) is 7.67. The first-order chi connectivity index (χ1) is 9.20. The maximum Gasteiger partial charge on any atom is 0.0540 e. The number of hydrogen-bond acceptors (Lipinski definition) is 4. The third kappa shape index (κ3) is 4.05. The van der Waals surface area contributed by atoms with Gasteiger partial charge in [-0.15, -0.1) is 11.3 Å². The fourth-order valence-electron chi connectivity index (χ4n) is 2.38. The van der Waals surface area contributed by atoms with Gasteiger partial charge in [0.1, 0.15) is 0 Å². The van der Waals surface area contributed by atoms with Crippen molar-refractivity contribution in [3.05, 3.63) is 21.9 Å². The van der Waals surface area contributed by atoms with Gasteiger partial charge < -0.3 is 10.0 Å². The molecule has 3 nitrogen and oxygen atoms in total. The van der Waals surface area contributed by atoms with Crippen molar-refractivity contribution in [2.75, 3.05) is 33.3 Å². The smallest absolute Gasteiger partial charge is 0.0540 e. The van der Waals surface area contributed by atoms with E-state index in [2.05, 4.69) is 47.1 Å². The number of aliphatic hydroxyl groups excluding tert-OH is 1. The van der Waals surface area contributed by atoms with Crippen molar-refractivity contribution < 1.29 is 5.11 Å². The maximum absolute atomic E-state index is 8.77. The summed E-state index contributed by atoms with van der Waals surface area (Å²) in [5, 5.41) is 10.9.